The van der Waals surface area contributed by atoms with E-state index in [1.54, 1.807) is 12.1 Å². The maximum absolute atomic E-state index is 11.4. The zero-order chi connectivity index (χ0) is 14.3. The minimum absolute atomic E-state index is 0.327. The fourth-order valence-electron chi connectivity index (χ4n) is 2.06. The van der Waals surface area contributed by atoms with Gasteiger partial charge in [0.15, 0.2) is 9.84 Å². The van der Waals surface area contributed by atoms with Gasteiger partial charge in [-0.2, -0.15) is 0 Å². The van der Waals surface area contributed by atoms with Crippen molar-refractivity contribution in [2.24, 2.45) is 0 Å². The third-order valence-electron chi connectivity index (χ3n) is 3.20. The second kappa shape index (κ2) is 7.65. The van der Waals surface area contributed by atoms with Gasteiger partial charge >= 0.3 is 0 Å². The summed E-state index contributed by atoms with van der Waals surface area (Å²) < 4.78 is 22.9. The second-order valence-electron chi connectivity index (χ2n) is 4.99. The van der Waals surface area contributed by atoms with E-state index in [-0.39, 0.29) is 0 Å². The number of unbranched alkanes of at least 4 members (excludes halogenated alkanes) is 1. The molecule has 0 radical (unpaired) electrons. The lowest BCUT2D eigenvalue weighted by atomic mass is 10.0. The molecule has 0 heterocycles. The molecule has 0 saturated carbocycles. The first-order valence-electron chi connectivity index (χ1n) is 7.02. The summed E-state index contributed by atoms with van der Waals surface area (Å²) in [4.78, 5) is 0.390. The minimum atomic E-state index is -3.10. The Balaban J connectivity index is 2.83. The monoisotopic (exact) mass is 283 g/mol. The van der Waals surface area contributed by atoms with E-state index < -0.39 is 9.84 Å². The first-order valence-corrected chi connectivity index (χ1v) is 8.91. The second-order valence-corrected chi connectivity index (χ2v) is 7.01. The lowest BCUT2D eigenvalue weighted by Gasteiger charge is -2.19. The van der Waals surface area contributed by atoms with Crippen LogP contribution in [0.15, 0.2) is 29.2 Å². The van der Waals surface area contributed by atoms with Crippen molar-refractivity contribution in [3.63, 3.8) is 0 Å². The summed E-state index contributed by atoms with van der Waals surface area (Å²) in [7, 11) is -3.10. The number of sulfone groups is 1. The summed E-state index contributed by atoms with van der Waals surface area (Å²) in [6.07, 6.45) is 5.78. The van der Waals surface area contributed by atoms with Gasteiger partial charge in [-0.15, -0.1) is 0 Å². The molecule has 0 aliphatic carbocycles. The molecule has 0 bridgehead atoms. The molecular weight excluding hydrogens is 258 g/mol. The molecule has 108 valence electrons. The maximum atomic E-state index is 11.4. The normalized spacial score (nSPS) is 13.4. The van der Waals surface area contributed by atoms with Crippen molar-refractivity contribution in [1.29, 1.82) is 0 Å². The van der Waals surface area contributed by atoms with Crippen LogP contribution < -0.4 is 5.32 Å². The van der Waals surface area contributed by atoms with Crippen LogP contribution in [0.1, 0.15) is 51.1 Å². The molecule has 0 saturated heterocycles. The van der Waals surface area contributed by atoms with Crippen molar-refractivity contribution in [2.45, 2.75) is 50.5 Å². The molecule has 1 atom stereocenters. The van der Waals surface area contributed by atoms with Crippen LogP contribution in [0.25, 0.3) is 0 Å². The highest BCUT2D eigenvalue weighted by Gasteiger charge is 2.12. The summed E-state index contributed by atoms with van der Waals surface area (Å²) in [5, 5.41) is 3.53. The summed E-state index contributed by atoms with van der Waals surface area (Å²) in [6, 6.07) is 7.60. The number of hydrogen-bond acceptors (Lipinski definition) is 3. The summed E-state index contributed by atoms with van der Waals surface area (Å²) >= 11 is 0. The summed E-state index contributed by atoms with van der Waals surface area (Å²) in [6.45, 7) is 5.32. The highest BCUT2D eigenvalue weighted by atomic mass is 32.2. The van der Waals surface area contributed by atoms with Gasteiger partial charge in [-0.3, -0.25) is 0 Å². The van der Waals surface area contributed by atoms with Gasteiger partial charge in [-0.25, -0.2) is 8.42 Å². The first kappa shape index (κ1) is 16.2. The standard InChI is InChI=1S/C15H25NO2S/c1-4-6-7-15(16-12-5-2)13-8-10-14(11-9-13)19(3,17)18/h8-11,15-16H,4-7,12H2,1-3H3. The molecule has 1 unspecified atom stereocenters. The molecule has 0 aliphatic heterocycles. The van der Waals surface area contributed by atoms with Gasteiger partial charge in [0.25, 0.3) is 0 Å². The smallest absolute Gasteiger partial charge is 0.175 e. The number of rotatable bonds is 8. The van der Waals surface area contributed by atoms with E-state index in [4.69, 9.17) is 0 Å². The molecule has 1 rings (SSSR count). The predicted molar refractivity (Wildman–Crippen MR) is 80.1 cm³/mol. The third kappa shape index (κ3) is 5.33. The van der Waals surface area contributed by atoms with Gasteiger partial charge in [0, 0.05) is 12.3 Å². The predicted octanol–water partition coefficient (Wildman–Crippen LogP) is 3.32. The Morgan fingerprint density at radius 2 is 1.74 bits per heavy atom. The Hall–Kier alpha value is -0.870. The van der Waals surface area contributed by atoms with Crippen LogP contribution in [0, 0.1) is 0 Å². The van der Waals surface area contributed by atoms with Crippen LogP contribution in [0.4, 0.5) is 0 Å². The topological polar surface area (TPSA) is 46.2 Å². The molecule has 0 aromatic heterocycles. The van der Waals surface area contributed by atoms with Crippen molar-refractivity contribution in [3.8, 4) is 0 Å². The van der Waals surface area contributed by atoms with Gasteiger partial charge in [0.1, 0.15) is 0 Å². The SMILES string of the molecule is CCCCC(NCCC)c1ccc(S(C)(=O)=O)cc1. The molecule has 0 fully saturated rings. The average Bonchev–Trinajstić information content (AvgIpc) is 2.38. The van der Waals surface area contributed by atoms with Crippen LogP contribution in [-0.4, -0.2) is 21.2 Å². The van der Waals surface area contributed by atoms with Crippen LogP contribution in [0.3, 0.4) is 0 Å². The first-order chi connectivity index (χ1) is 8.99. The molecule has 0 amide bonds. The van der Waals surface area contributed by atoms with E-state index in [0.29, 0.717) is 10.9 Å². The zero-order valence-electron chi connectivity index (χ0n) is 12.1. The molecule has 1 aromatic rings. The van der Waals surface area contributed by atoms with Crippen LogP contribution >= 0.6 is 0 Å². The van der Waals surface area contributed by atoms with Gasteiger partial charge in [-0.1, -0.05) is 38.8 Å². The quantitative estimate of drug-likeness (QED) is 0.796. The van der Waals surface area contributed by atoms with Crippen molar-refractivity contribution in [3.05, 3.63) is 29.8 Å². The van der Waals surface area contributed by atoms with Crippen LogP contribution in [0.5, 0.6) is 0 Å². The number of hydrogen-bond donors (Lipinski definition) is 1. The van der Waals surface area contributed by atoms with Gasteiger partial charge in [0.05, 0.1) is 4.90 Å². The fourth-order valence-corrected chi connectivity index (χ4v) is 2.69. The van der Waals surface area contributed by atoms with E-state index in [1.165, 1.54) is 24.7 Å². The molecule has 1 aromatic carbocycles. The Bertz CT molecular complexity index is 457. The van der Waals surface area contributed by atoms with Gasteiger partial charge < -0.3 is 5.32 Å². The lowest BCUT2D eigenvalue weighted by Crippen LogP contribution is -2.22. The van der Waals surface area contributed by atoms with Crippen LogP contribution in [-0.2, 0) is 9.84 Å². The van der Waals surface area contributed by atoms with E-state index in [9.17, 15) is 8.42 Å². The maximum Gasteiger partial charge on any atom is 0.175 e. The molecule has 0 aliphatic rings. The highest BCUT2D eigenvalue weighted by molar-refractivity contribution is 7.90. The Kier molecular flexibility index (Phi) is 6.52. The van der Waals surface area contributed by atoms with Gasteiger partial charge in [-0.05, 0) is 37.1 Å². The lowest BCUT2D eigenvalue weighted by molar-refractivity contribution is 0.481. The summed E-state index contributed by atoms with van der Waals surface area (Å²) in [5.41, 5.74) is 1.18. The fraction of sp³-hybridized carbons (Fsp3) is 0.600. The van der Waals surface area contributed by atoms with Gasteiger partial charge in [0.2, 0.25) is 0 Å². The average molecular weight is 283 g/mol. The van der Waals surface area contributed by atoms with Crippen molar-refractivity contribution < 1.29 is 8.42 Å². The largest absolute Gasteiger partial charge is 0.310 e. The molecule has 19 heavy (non-hydrogen) atoms. The minimum Gasteiger partial charge on any atom is -0.310 e. The Labute approximate surface area is 117 Å². The van der Waals surface area contributed by atoms with Crippen molar-refractivity contribution in [2.75, 3.05) is 12.8 Å². The number of benzene rings is 1. The van der Waals surface area contributed by atoms with Crippen molar-refractivity contribution in [1.82, 2.24) is 5.32 Å². The number of nitrogens with one attached hydrogen (secondary N) is 1. The summed E-state index contributed by atoms with van der Waals surface area (Å²) in [5.74, 6) is 0. The van der Waals surface area contributed by atoms with E-state index in [1.807, 2.05) is 12.1 Å². The molecular formula is C15H25NO2S. The zero-order valence-corrected chi connectivity index (χ0v) is 13.0. The Morgan fingerprint density at radius 1 is 1.11 bits per heavy atom. The molecule has 3 nitrogen and oxygen atoms in total. The molecule has 0 spiro atoms. The van der Waals surface area contributed by atoms with E-state index >= 15 is 0 Å². The molecule has 1 N–H and O–H groups in total. The van der Waals surface area contributed by atoms with E-state index in [0.717, 1.165) is 19.4 Å². The third-order valence-corrected chi connectivity index (χ3v) is 4.33. The van der Waals surface area contributed by atoms with Crippen LogP contribution in [0.2, 0.25) is 0 Å². The Morgan fingerprint density at radius 3 is 2.21 bits per heavy atom. The highest BCUT2D eigenvalue weighted by Crippen LogP contribution is 2.21. The van der Waals surface area contributed by atoms with E-state index in [2.05, 4.69) is 19.2 Å². The van der Waals surface area contributed by atoms with Crippen molar-refractivity contribution >= 4 is 9.84 Å². The molecule has 4 heteroatoms.